The summed E-state index contributed by atoms with van der Waals surface area (Å²) in [5.74, 6) is 1.05. The van der Waals surface area contributed by atoms with Gasteiger partial charge in [0.2, 0.25) is 5.69 Å². The van der Waals surface area contributed by atoms with Crippen molar-refractivity contribution >= 4 is 22.8 Å². The summed E-state index contributed by atoms with van der Waals surface area (Å²) in [6.45, 7) is 20.9. The maximum Gasteiger partial charge on any atom is 0.209 e. The van der Waals surface area contributed by atoms with E-state index in [9.17, 15) is 0 Å². The number of likely N-dealkylation sites (N-methyl/N-ethyl adjacent to an activating group) is 1. The summed E-state index contributed by atoms with van der Waals surface area (Å²) in [5.41, 5.74) is 15.8. The minimum absolute atomic E-state index is 0.0686. The lowest BCUT2D eigenvalue weighted by molar-refractivity contribution is -0.433. The quantitative estimate of drug-likeness (QED) is 0.203. The molecule has 3 aliphatic rings. The average molecular weight is 655 g/mol. The molecule has 0 saturated carbocycles. The van der Waals surface area contributed by atoms with Gasteiger partial charge in [0.05, 0.1) is 12.0 Å². The third kappa shape index (κ3) is 6.43. The zero-order valence-corrected chi connectivity index (χ0v) is 31.6. The van der Waals surface area contributed by atoms with E-state index in [1.165, 1.54) is 67.4 Å². The molecule has 4 heteroatoms. The summed E-state index contributed by atoms with van der Waals surface area (Å²) >= 11 is 0. The van der Waals surface area contributed by atoms with Crippen LogP contribution < -0.4 is 9.80 Å². The van der Waals surface area contributed by atoms with E-state index in [2.05, 4.69) is 169 Å². The molecule has 4 nitrogen and oxygen atoms in total. The van der Waals surface area contributed by atoms with Crippen LogP contribution >= 0.6 is 0 Å². The van der Waals surface area contributed by atoms with E-state index in [1.807, 2.05) is 0 Å². The minimum atomic E-state index is -0.0686. The van der Waals surface area contributed by atoms with Gasteiger partial charge in [0.15, 0.2) is 5.71 Å². The molecule has 3 aromatic carbocycles. The van der Waals surface area contributed by atoms with Crippen LogP contribution in [0.3, 0.4) is 0 Å². The number of rotatable bonds is 10. The number of anilines is 2. The number of allylic oxidation sites excluding steroid dienone is 7. The van der Waals surface area contributed by atoms with Gasteiger partial charge in [-0.25, -0.2) is 0 Å². The Kier molecular flexibility index (Phi) is 9.55. The maximum atomic E-state index is 6.79. The lowest BCUT2D eigenvalue weighted by Crippen LogP contribution is -2.27. The fourth-order valence-electron chi connectivity index (χ4n) is 8.06. The molecule has 0 amide bonds. The molecule has 256 valence electrons. The van der Waals surface area contributed by atoms with Crippen molar-refractivity contribution < 1.29 is 9.31 Å². The molecule has 1 aliphatic carbocycles. The first-order valence-corrected chi connectivity index (χ1v) is 18.2. The molecule has 6 rings (SSSR count). The van der Waals surface area contributed by atoms with Crippen LogP contribution in [-0.2, 0) is 22.0 Å². The van der Waals surface area contributed by atoms with Gasteiger partial charge >= 0.3 is 0 Å². The Morgan fingerprint density at radius 2 is 1.51 bits per heavy atom. The molecular formula is C45H56N3O+. The van der Waals surface area contributed by atoms with Crippen molar-refractivity contribution in [1.29, 1.82) is 0 Å². The molecule has 3 aromatic rings. The van der Waals surface area contributed by atoms with Gasteiger partial charge in [0, 0.05) is 67.3 Å². The molecule has 0 atom stereocenters. The van der Waals surface area contributed by atoms with E-state index in [1.54, 1.807) is 0 Å². The van der Waals surface area contributed by atoms with Crippen molar-refractivity contribution in [2.24, 2.45) is 0 Å². The molecular weight excluding hydrogens is 599 g/mol. The normalized spacial score (nSPS) is 19.5. The van der Waals surface area contributed by atoms with Gasteiger partial charge in [-0.15, -0.1) is 0 Å². The second kappa shape index (κ2) is 13.5. The van der Waals surface area contributed by atoms with E-state index in [-0.39, 0.29) is 10.8 Å². The fraction of sp³-hybridized carbons (Fsp3) is 0.400. The van der Waals surface area contributed by atoms with E-state index in [0.717, 1.165) is 38.1 Å². The van der Waals surface area contributed by atoms with Crippen molar-refractivity contribution in [3.05, 3.63) is 135 Å². The van der Waals surface area contributed by atoms with E-state index in [0.29, 0.717) is 6.61 Å². The standard InChI is InChI=1S/C45H56N3O/c1-11-47-39-23-13-31(3)29-37(39)44(5,6)41(47)25-19-34-17-18-35(43(34)49-28-27-33-15-21-36(22-16-33)46(9)10)20-26-42-45(7,8)38-30-32(4)14-24-40(38)48(42)12-2/h13-16,19-26,29-30H,11-12,17-18,27-28H2,1-10H3/q+1. The van der Waals surface area contributed by atoms with Crippen molar-refractivity contribution in [3.63, 3.8) is 0 Å². The Bertz CT molecular complexity index is 1900. The van der Waals surface area contributed by atoms with Gasteiger partial charge in [-0.05, 0) is 113 Å². The van der Waals surface area contributed by atoms with Crippen molar-refractivity contribution in [2.75, 3.05) is 43.6 Å². The monoisotopic (exact) mass is 654 g/mol. The number of aryl methyl sites for hydroxylation is 2. The molecule has 0 unspecified atom stereocenters. The lowest BCUT2D eigenvalue weighted by atomic mass is 9.80. The van der Waals surface area contributed by atoms with Gasteiger partial charge in [0.1, 0.15) is 12.3 Å². The second-order valence-electron chi connectivity index (χ2n) is 15.3. The van der Waals surface area contributed by atoms with E-state index >= 15 is 0 Å². The van der Waals surface area contributed by atoms with Gasteiger partial charge in [0.25, 0.3) is 0 Å². The third-order valence-electron chi connectivity index (χ3n) is 10.9. The van der Waals surface area contributed by atoms with Crippen molar-refractivity contribution in [2.45, 2.75) is 85.5 Å². The number of hydrogen-bond acceptors (Lipinski definition) is 3. The number of fused-ring (bicyclic) bond motifs is 2. The zero-order valence-electron chi connectivity index (χ0n) is 31.6. The highest BCUT2D eigenvalue weighted by Crippen LogP contribution is 2.48. The van der Waals surface area contributed by atoms with Crippen LogP contribution in [0.2, 0.25) is 0 Å². The first-order valence-electron chi connectivity index (χ1n) is 18.2. The summed E-state index contributed by atoms with van der Waals surface area (Å²) in [7, 11) is 4.17. The number of benzene rings is 3. The van der Waals surface area contributed by atoms with Gasteiger partial charge in [-0.2, -0.15) is 4.58 Å². The molecule has 0 spiro atoms. The second-order valence-corrected chi connectivity index (χ2v) is 15.3. The first-order chi connectivity index (χ1) is 23.4. The third-order valence-corrected chi connectivity index (χ3v) is 10.9. The van der Waals surface area contributed by atoms with Crippen LogP contribution in [0.4, 0.5) is 17.1 Å². The van der Waals surface area contributed by atoms with Crippen molar-refractivity contribution in [1.82, 2.24) is 0 Å². The molecule has 0 fully saturated rings. The number of hydrogen-bond donors (Lipinski definition) is 0. The summed E-state index contributed by atoms with van der Waals surface area (Å²) < 4.78 is 9.28. The van der Waals surface area contributed by atoms with Crippen molar-refractivity contribution in [3.8, 4) is 0 Å². The predicted octanol–water partition coefficient (Wildman–Crippen LogP) is 10.3. The SMILES string of the molecule is CCN1/C(=C/C=C2\CCC(/C=C/C3=[N+](CC)c4ccc(C)cc4C3(C)C)=C2OCCc2ccc(N(C)C)cc2)C(C)(C)c2cc(C)ccc21. The largest absolute Gasteiger partial charge is 0.493 e. The summed E-state index contributed by atoms with van der Waals surface area (Å²) in [6.07, 6.45) is 12.3. The van der Waals surface area contributed by atoms with Crippen LogP contribution in [0.25, 0.3) is 0 Å². The van der Waals surface area contributed by atoms with Gasteiger partial charge < -0.3 is 14.5 Å². The molecule has 0 saturated heterocycles. The number of nitrogens with zero attached hydrogens (tertiary/aromatic N) is 3. The summed E-state index contributed by atoms with van der Waals surface area (Å²) in [4.78, 5) is 4.63. The molecule has 2 aliphatic heterocycles. The van der Waals surface area contributed by atoms with Gasteiger partial charge in [-0.1, -0.05) is 61.4 Å². The van der Waals surface area contributed by atoms with Gasteiger partial charge in [-0.3, -0.25) is 0 Å². The Hall–Kier alpha value is -4.31. The molecule has 49 heavy (non-hydrogen) atoms. The van der Waals surface area contributed by atoms with Crippen LogP contribution in [0, 0.1) is 13.8 Å². The average Bonchev–Trinajstić information content (AvgIpc) is 3.63. The fourth-order valence-corrected chi connectivity index (χ4v) is 8.06. The predicted molar refractivity (Wildman–Crippen MR) is 209 cm³/mol. The Morgan fingerprint density at radius 3 is 2.18 bits per heavy atom. The first kappa shape index (κ1) is 34.5. The van der Waals surface area contributed by atoms with Crippen LogP contribution in [0.5, 0.6) is 0 Å². The molecule has 0 aromatic heterocycles. The van der Waals surface area contributed by atoms with E-state index in [4.69, 9.17) is 4.74 Å². The van der Waals surface area contributed by atoms with Crippen LogP contribution in [0.1, 0.15) is 82.2 Å². The summed E-state index contributed by atoms with van der Waals surface area (Å²) in [5, 5.41) is 0. The Balaban J connectivity index is 1.35. The molecule has 2 heterocycles. The summed E-state index contributed by atoms with van der Waals surface area (Å²) in [6, 6.07) is 22.6. The Morgan fingerprint density at radius 1 is 0.816 bits per heavy atom. The molecule has 0 bridgehead atoms. The highest BCUT2D eigenvalue weighted by molar-refractivity contribution is 6.03. The maximum absolute atomic E-state index is 6.79. The highest BCUT2D eigenvalue weighted by Gasteiger charge is 2.44. The lowest BCUT2D eigenvalue weighted by Gasteiger charge is -2.26. The van der Waals surface area contributed by atoms with E-state index < -0.39 is 0 Å². The Labute approximate surface area is 295 Å². The minimum Gasteiger partial charge on any atom is -0.493 e. The highest BCUT2D eigenvalue weighted by atomic mass is 16.5. The smallest absolute Gasteiger partial charge is 0.209 e. The number of ether oxygens (including phenoxy) is 1. The topological polar surface area (TPSA) is 18.7 Å². The molecule has 0 radical (unpaired) electrons. The van der Waals surface area contributed by atoms with Crippen LogP contribution in [-0.4, -0.2) is 44.1 Å². The van der Waals surface area contributed by atoms with Crippen LogP contribution in [0.15, 0.2) is 108 Å². The zero-order chi connectivity index (χ0) is 35.1. The molecule has 0 N–H and O–H groups in total.